The van der Waals surface area contributed by atoms with Crippen molar-refractivity contribution in [2.75, 3.05) is 0 Å². The van der Waals surface area contributed by atoms with Crippen LogP contribution in [0.1, 0.15) is 18.4 Å². The normalized spacial score (nSPS) is 15.2. The summed E-state index contributed by atoms with van der Waals surface area (Å²) in [7, 11) is 0. The monoisotopic (exact) mass is 199 g/mol. The molecule has 0 N–H and O–H groups in total. The molecule has 2 heteroatoms. The number of nitrogens with zero attached hydrogens (tertiary/aromatic N) is 1. The second kappa shape index (κ2) is 4.69. The lowest BCUT2D eigenvalue weighted by Crippen LogP contribution is -2.02. The third-order valence-electron chi connectivity index (χ3n) is 2.48. The summed E-state index contributed by atoms with van der Waals surface area (Å²) in [6, 6.07) is 10.3. The fourth-order valence-electron chi connectivity index (χ4n) is 1.65. The quantitative estimate of drug-likeness (QED) is 0.735. The Hall–Kier alpha value is -1.70. The van der Waals surface area contributed by atoms with Crippen LogP contribution in [0.3, 0.4) is 0 Å². The summed E-state index contributed by atoms with van der Waals surface area (Å²) in [5.41, 5.74) is 2.49. The predicted molar refractivity (Wildman–Crippen MR) is 61.0 cm³/mol. The van der Waals surface area contributed by atoms with E-state index in [4.69, 9.17) is 0 Å². The van der Waals surface area contributed by atoms with Crippen LogP contribution < -0.4 is 0 Å². The maximum Gasteiger partial charge on any atom is 0.249 e. The molecule has 1 heterocycles. The van der Waals surface area contributed by atoms with Crippen LogP contribution in [0.4, 0.5) is 0 Å². The maximum absolute atomic E-state index is 11.0. The molecule has 0 aromatic heterocycles. The number of benzene rings is 1. The van der Waals surface area contributed by atoms with E-state index in [0.717, 1.165) is 12.8 Å². The number of hydrogen-bond acceptors (Lipinski definition) is 1. The highest BCUT2D eigenvalue weighted by atomic mass is 16.1. The summed E-state index contributed by atoms with van der Waals surface area (Å²) < 4.78 is 0. The van der Waals surface area contributed by atoms with E-state index in [2.05, 4.69) is 17.1 Å². The molecule has 0 saturated heterocycles. The van der Waals surface area contributed by atoms with Crippen LogP contribution >= 0.6 is 0 Å². The van der Waals surface area contributed by atoms with Crippen molar-refractivity contribution >= 4 is 12.1 Å². The number of amides is 1. The van der Waals surface area contributed by atoms with Gasteiger partial charge < -0.3 is 0 Å². The first kappa shape index (κ1) is 9.84. The van der Waals surface area contributed by atoms with Crippen LogP contribution in [0, 0.1) is 0 Å². The van der Waals surface area contributed by atoms with Crippen molar-refractivity contribution in [3.05, 3.63) is 47.5 Å². The molecule has 0 bridgehead atoms. The average Bonchev–Trinajstić information content (AvgIpc) is 2.28. The first-order valence-electron chi connectivity index (χ1n) is 5.13. The molecule has 1 amide bonds. The van der Waals surface area contributed by atoms with Gasteiger partial charge in [-0.05, 0) is 24.5 Å². The van der Waals surface area contributed by atoms with Crippen LogP contribution in [0.25, 0.3) is 0 Å². The van der Waals surface area contributed by atoms with Crippen LogP contribution in [0.2, 0.25) is 0 Å². The smallest absolute Gasteiger partial charge is 0.249 e. The van der Waals surface area contributed by atoms with Gasteiger partial charge in [-0.3, -0.25) is 4.79 Å². The Kier molecular flexibility index (Phi) is 3.08. The molecule has 0 radical (unpaired) electrons. The Morgan fingerprint density at radius 3 is 2.67 bits per heavy atom. The zero-order chi connectivity index (χ0) is 10.5. The molecule has 0 atom stereocenters. The SMILES string of the molecule is O=C1CC(CCc2ccccc2)=CC=N1. The summed E-state index contributed by atoms with van der Waals surface area (Å²) in [4.78, 5) is 14.7. The molecule has 15 heavy (non-hydrogen) atoms. The van der Waals surface area contributed by atoms with Crippen LogP contribution in [0.15, 0.2) is 47.0 Å². The molecule has 1 aliphatic rings. The van der Waals surface area contributed by atoms with Crippen LogP contribution in [-0.4, -0.2) is 12.1 Å². The highest BCUT2D eigenvalue weighted by Crippen LogP contribution is 2.14. The van der Waals surface area contributed by atoms with E-state index in [1.54, 1.807) is 6.21 Å². The highest BCUT2D eigenvalue weighted by Gasteiger charge is 2.07. The number of aliphatic imine (C=N–C) groups is 1. The van der Waals surface area contributed by atoms with Gasteiger partial charge in [-0.15, -0.1) is 0 Å². The Morgan fingerprint density at radius 2 is 1.93 bits per heavy atom. The Morgan fingerprint density at radius 1 is 1.13 bits per heavy atom. The summed E-state index contributed by atoms with van der Waals surface area (Å²) in [5, 5.41) is 0. The van der Waals surface area contributed by atoms with E-state index in [0.29, 0.717) is 6.42 Å². The zero-order valence-corrected chi connectivity index (χ0v) is 8.52. The van der Waals surface area contributed by atoms with Gasteiger partial charge in [0.2, 0.25) is 5.91 Å². The van der Waals surface area contributed by atoms with E-state index < -0.39 is 0 Å². The number of hydrogen-bond donors (Lipinski definition) is 0. The molecule has 0 unspecified atom stereocenters. The molecular weight excluding hydrogens is 186 g/mol. The molecule has 1 aromatic rings. The van der Waals surface area contributed by atoms with Crippen LogP contribution in [0.5, 0.6) is 0 Å². The van der Waals surface area contributed by atoms with E-state index in [1.165, 1.54) is 11.1 Å². The van der Waals surface area contributed by atoms with Crippen LogP contribution in [-0.2, 0) is 11.2 Å². The van der Waals surface area contributed by atoms with Crippen molar-refractivity contribution in [1.82, 2.24) is 0 Å². The van der Waals surface area contributed by atoms with E-state index in [-0.39, 0.29) is 5.91 Å². The lowest BCUT2D eigenvalue weighted by Gasteiger charge is -2.07. The summed E-state index contributed by atoms with van der Waals surface area (Å²) >= 11 is 0. The van der Waals surface area contributed by atoms with Gasteiger partial charge >= 0.3 is 0 Å². The van der Waals surface area contributed by atoms with Crippen molar-refractivity contribution in [2.24, 2.45) is 4.99 Å². The van der Waals surface area contributed by atoms with Gasteiger partial charge in [-0.2, -0.15) is 0 Å². The minimum absolute atomic E-state index is 0.0273. The third kappa shape index (κ3) is 2.88. The van der Waals surface area contributed by atoms with Gasteiger partial charge in [0.25, 0.3) is 0 Å². The lowest BCUT2D eigenvalue weighted by molar-refractivity contribution is -0.117. The number of carbonyl (C=O) groups excluding carboxylic acids is 1. The average molecular weight is 199 g/mol. The van der Waals surface area contributed by atoms with E-state index in [9.17, 15) is 4.79 Å². The number of rotatable bonds is 3. The molecule has 0 saturated carbocycles. The zero-order valence-electron chi connectivity index (χ0n) is 8.52. The molecule has 76 valence electrons. The number of dihydropyridines is 1. The molecule has 0 fully saturated rings. The van der Waals surface area contributed by atoms with Crippen molar-refractivity contribution < 1.29 is 4.79 Å². The highest BCUT2D eigenvalue weighted by molar-refractivity contribution is 5.93. The Balaban J connectivity index is 1.92. The standard InChI is InChI=1S/C13H13NO/c15-13-10-12(8-9-14-13)7-6-11-4-2-1-3-5-11/h1-5,8-9H,6-7,10H2. The van der Waals surface area contributed by atoms with Crippen molar-refractivity contribution in [1.29, 1.82) is 0 Å². The summed E-state index contributed by atoms with van der Waals surface area (Å²) in [6.07, 6.45) is 5.98. The molecule has 2 rings (SSSR count). The first-order chi connectivity index (χ1) is 7.34. The molecule has 0 spiro atoms. The molecule has 2 nitrogen and oxygen atoms in total. The maximum atomic E-state index is 11.0. The summed E-state index contributed by atoms with van der Waals surface area (Å²) in [5.74, 6) is -0.0273. The fraction of sp³-hybridized carbons (Fsp3) is 0.231. The predicted octanol–water partition coefficient (Wildman–Crippen LogP) is 2.55. The van der Waals surface area contributed by atoms with Crippen molar-refractivity contribution in [3.63, 3.8) is 0 Å². The molecule has 1 aromatic carbocycles. The second-order valence-corrected chi connectivity index (χ2v) is 3.66. The minimum Gasteiger partial charge on any atom is -0.272 e. The Labute approximate surface area is 89.3 Å². The second-order valence-electron chi connectivity index (χ2n) is 3.66. The van der Waals surface area contributed by atoms with Gasteiger partial charge in [0.1, 0.15) is 0 Å². The third-order valence-corrected chi connectivity index (χ3v) is 2.48. The van der Waals surface area contributed by atoms with E-state index in [1.807, 2.05) is 24.3 Å². The summed E-state index contributed by atoms with van der Waals surface area (Å²) in [6.45, 7) is 0. The van der Waals surface area contributed by atoms with Gasteiger partial charge in [0.15, 0.2) is 0 Å². The fourth-order valence-corrected chi connectivity index (χ4v) is 1.65. The number of allylic oxidation sites excluding steroid dienone is 1. The Bertz CT molecular complexity index is 404. The molecular formula is C13H13NO. The minimum atomic E-state index is -0.0273. The largest absolute Gasteiger partial charge is 0.272 e. The molecule has 1 aliphatic heterocycles. The topological polar surface area (TPSA) is 29.4 Å². The van der Waals surface area contributed by atoms with Gasteiger partial charge in [0.05, 0.1) is 6.42 Å². The van der Waals surface area contributed by atoms with Crippen molar-refractivity contribution in [2.45, 2.75) is 19.3 Å². The van der Waals surface area contributed by atoms with E-state index >= 15 is 0 Å². The van der Waals surface area contributed by atoms with Gasteiger partial charge in [-0.25, -0.2) is 4.99 Å². The van der Waals surface area contributed by atoms with Gasteiger partial charge in [-0.1, -0.05) is 35.9 Å². The molecule has 0 aliphatic carbocycles. The van der Waals surface area contributed by atoms with Gasteiger partial charge in [0, 0.05) is 6.21 Å². The number of aryl methyl sites for hydroxylation is 1. The lowest BCUT2D eigenvalue weighted by atomic mass is 10.0. The number of carbonyl (C=O) groups is 1. The van der Waals surface area contributed by atoms with Crippen molar-refractivity contribution in [3.8, 4) is 0 Å². The first-order valence-corrected chi connectivity index (χ1v) is 5.13.